The average Bonchev–Trinajstić information content (AvgIpc) is 2.29. The second-order valence-corrected chi connectivity index (χ2v) is 4.35. The Bertz CT molecular complexity index is 281. The first-order valence-electron chi connectivity index (χ1n) is 5.46. The maximum Gasteiger partial charge on any atom is 0.295 e. The summed E-state index contributed by atoms with van der Waals surface area (Å²) in [5.74, 6) is -0.505. The van der Waals surface area contributed by atoms with Crippen LogP contribution < -0.4 is 0 Å². The monoisotopic (exact) mass is 267 g/mol. The van der Waals surface area contributed by atoms with E-state index in [0.29, 0.717) is 13.0 Å². The molecule has 0 aromatic rings. The van der Waals surface area contributed by atoms with Gasteiger partial charge in [0.15, 0.2) is 5.84 Å². The first kappa shape index (κ1) is 14.3. The van der Waals surface area contributed by atoms with Crippen molar-refractivity contribution in [3.05, 3.63) is 0 Å². The van der Waals surface area contributed by atoms with Gasteiger partial charge in [0.25, 0.3) is 6.43 Å². The Balaban J connectivity index is 2.84. The molecule has 0 saturated carbocycles. The van der Waals surface area contributed by atoms with Crippen molar-refractivity contribution in [2.24, 2.45) is 4.99 Å². The molecular weight excluding hydrogens is 252 g/mol. The molecule has 0 amide bonds. The van der Waals surface area contributed by atoms with Crippen LogP contribution in [0.3, 0.4) is 0 Å². The summed E-state index contributed by atoms with van der Waals surface area (Å²) in [7, 11) is 0. The molecule has 4 nitrogen and oxygen atoms in total. The van der Waals surface area contributed by atoms with Crippen LogP contribution in [0.15, 0.2) is 4.99 Å². The molecule has 0 aromatic heterocycles. The number of rotatable bonds is 4. The minimum absolute atomic E-state index is 0.505. The molecule has 1 saturated heterocycles. The van der Waals surface area contributed by atoms with E-state index in [1.807, 2.05) is 0 Å². The third-order valence-electron chi connectivity index (χ3n) is 2.37. The molecule has 1 aliphatic heterocycles. The molecule has 1 N–H and O–H groups in total. The van der Waals surface area contributed by atoms with E-state index in [4.69, 9.17) is 21.7 Å². The van der Waals surface area contributed by atoms with Gasteiger partial charge in [-0.2, -0.15) is 0 Å². The van der Waals surface area contributed by atoms with Crippen molar-refractivity contribution in [1.29, 1.82) is 5.41 Å². The number of aliphatic imine (C=N–C) groups is 1. The summed E-state index contributed by atoms with van der Waals surface area (Å²) in [6.45, 7) is 2.01. The second kappa shape index (κ2) is 6.86. The molecule has 2 unspecified atom stereocenters. The molecule has 0 radical (unpaired) electrons. The minimum Gasteiger partial charge on any atom is -0.358 e. The molecule has 0 spiro atoms. The van der Waals surface area contributed by atoms with Gasteiger partial charge in [-0.05, 0) is 26.2 Å². The number of ether oxygens (including phenoxy) is 1. The lowest BCUT2D eigenvalue weighted by Gasteiger charge is -2.32. The molecule has 0 aliphatic carbocycles. The van der Waals surface area contributed by atoms with Gasteiger partial charge < -0.3 is 4.74 Å². The lowest BCUT2D eigenvalue weighted by molar-refractivity contribution is -0.0350. The smallest absolute Gasteiger partial charge is 0.295 e. The first-order valence-corrected chi connectivity index (χ1v) is 5.90. The summed E-state index contributed by atoms with van der Waals surface area (Å²) < 4.78 is 31.1. The van der Waals surface area contributed by atoms with E-state index in [-0.39, 0.29) is 0 Å². The maximum atomic E-state index is 12.9. The van der Waals surface area contributed by atoms with Crippen LogP contribution in [-0.4, -0.2) is 41.8 Å². The zero-order chi connectivity index (χ0) is 12.8. The molecule has 1 fully saturated rings. The predicted octanol–water partition coefficient (Wildman–Crippen LogP) is 2.67. The topological polar surface area (TPSA) is 48.7 Å². The molecule has 17 heavy (non-hydrogen) atoms. The normalized spacial score (nSPS) is 23.6. The molecule has 2 atom stereocenters. The lowest BCUT2D eigenvalue weighted by Crippen LogP contribution is -2.45. The highest BCUT2D eigenvalue weighted by Crippen LogP contribution is 2.18. The lowest BCUT2D eigenvalue weighted by atomic mass is 10.1. The van der Waals surface area contributed by atoms with E-state index in [9.17, 15) is 8.78 Å². The number of halogens is 3. The van der Waals surface area contributed by atoms with E-state index >= 15 is 0 Å². The van der Waals surface area contributed by atoms with E-state index in [2.05, 4.69) is 4.99 Å². The highest BCUT2D eigenvalue weighted by molar-refractivity contribution is 6.20. The Morgan fingerprint density at radius 3 is 2.71 bits per heavy atom. The zero-order valence-corrected chi connectivity index (χ0v) is 10.3. The Labute approximate surface area is 104 Å². The number of hydrogen-bond acceptors (Lipinski definition) is 3. The average molecular weight is 268 g/mol. The van der Waals surface area contributed by atoms with Crippen LogP contribution in [0, 0.1) is 5.41 Å². The third kappa shape index (κ3) is 4.20. The van der Waals surface area contributed by atoms with E-state index in [0.717, 1.165) is 24.1 Å². The van der Waals surface area contributed by atoms with Crippen molar-refractivity contribution in [1.82, 2.24) is 4.90 Å². The summed E-state index contributed by atoms with van der Waals surface area (Å²) in [5, 5.41) is 7.23. The van der Waals surface area contributed by atoms with Gasteiger partial charge in [0, 0.05) is 6.61 Å². The van der Waals surface area contributed by atoms with Gasteiger partial charge in [0.1, 0.15) is 11.7 Å². The van der Waals surface area contributed by atoms with Crippen molar-refractivity contribution in [3.63, 3.8) is 0 Å². The fraction of sp³-hybridized carbons (Fsp3) is 0.800. The van der Waals surface area contributed by atoms with Gasteiger partial charge in [-0.25, -0.2) is 13.8 Å². The fourth-order valence-corrected chi connectivity index (χ4v) is 1.76. The van der Waals surface area contributed by atoms with Crippen LogP contribution >= 0.6 is 11.6 Å². The van der Waals surface area contributed by atoms with Crippen molar-refractivity contribution in [2.45, 2.75) is 44.3 Å². The van der Waals surface area contributed by atoms with Crippen LogP contribution in [0.5, 0.6) is 0 Å². The standard InChI is InChI=1S/C10H16ClF2N3O/c1-7(11)15-10(9(12)13)16(6-14)8-4-2-3-5-17-8/h6-9,14H,2-5H2,1H3. The molecule has 0 aromatic carbocycles. The molecule has 1 aliphatic rings. The van der Waals surface area contributed by atoms with E-state index in [1.54, 1.807) is 0 Å². The van der Waals surface area contributed by atoms with Gasteiger partial charge in [0.05, 0.1) is 6.34 Å². The van der Waals surface area contributed by atoms with Crippen LogP contribution in [-0.2, 0) is 4.74 Å². The Morgan fingerprint density at radius 2 is 2.29 bits per heavy atom. The van der Waals surface area contributed by atoms with Gasteiger partial charge in [-0.1, -0.05) is 11.6 Å². The van der Waals surface area contributed by atoms with Gasteiger partial charge >= 0.3 is 0 Å². The second-order valence-electron chi connectivity index (χ2n) is 3.72. The van der Waals surface area contributed by atoms with Crippen molar-refractivity contribution < 1.29 is 13.5 Å². The van der Waals surface area contributed by atoms with Crippen LogP contribution in [0.25, 0.3) is 0 Å². The maximum absolute atomic E-state index is 12.9. The molecule has 98 valence electrons. The van der Waals surface area contributed by atoms with Crippen molar-refractivity contribution >= 4 is 23.8 Å². The predicted molar refractivity (Wildman–Crippen MR) is 63.0 cm³/mol. The Hall–Kier alpha value is -0.750. The molecule has 0 bridgehead atoms. The van der Waals surface area contributed by atoms with Crippen molar-refractivity contribution in [2.75, 3.05) is 6.61 Å². The number of nitrogens with one attached hydrogen (secondary N) is 1. The quantitative estimate of drug-likeness (QED) is 0.368. The summed E-state index contributed by atoms with van der Waals surface area (Å²) in [6.07, 6.45) is -0.0807. The molecule has 1 rings (SSSR count). The summed E-state index contributed by atoms with van der Waals surface area (Å²) in [5.41, 5.74) is -0.759. The number of nitrogens with zero attached hydrogens (tertiary/aromatic N) is 2. The highest BCUT2D eigenvalue weighted by Gasteiger charge is 2.28. The largest absolute Gasteiger partial charge is 0.358 e. The summed E-state index contributed by atoms with van der Waals surface area (Å²) in [4.78, 5) is 4.71. The summed E-state index contributed by atoms with van der Waals surface area (Å²) >= 11 is 5.59. The van der Waals surface area contributed by atoms with E-state index < -0.39 is 24.0 Å². The number of alkyl halides is 3. The zero-order valence-electron chi connectivity index (χ0n) is 9.57. The molecular formula is C10H16ClF2N3O. The first-order chi connectivity index (χ1) is 8.06. The SMILES string of the molecule is CC(Cl)N=C(C(F)F)N(C=N)C1CCCCO1. The van der Waals surface area contributed by atoms with Gasteiger partial charge in [-0.15, -0.1) is 0 Å². The van der Waals surface area contributed by atoms with Gasteiger partial charge in [-0.3, -0.25) is 10.3 Å². The Kier molecular flexibility index (Phi) is 5.77. The van der Waals surface area contributed by atoms with Crippen LogP contribution in [0.1, 0.15) is 26.2 Å². The Morgan fingerprint density at radius 1 is 1.59 bits per heavy atom. The summed E-state index contributed by atoms with van der Waals surface area (Å²) in [6, 6.07) is 0. The van der Waals surface area contributed by atoms with Crippen LogP contribution in [0.2, 0.25) is 0 Å². The number of amidine groups is 1. The minimum atomic E-state index is -2.77. The van der Waals surface area contributed by atoms with Crippen molar-refractivity contribution in [3.8, 4) is 0 Å². The van der Waals surface area contributed by atoms with E-state index in [1.165, 1.54) is 6.92 Å². The van der Waals surface area contributed by atoms with Gasteiger partial charge in [0.2, 0.25) is 0 Å². The third-order valence-corrected chi connectivity index (χ3v) is 2.47. The molecule has 1 heterocycles. The molecule has 7 heteroatoms. The van der Waals surface area contributed by atoms with Crippen LogP contribution in [0.4, 0.5) is 8.78 Å². The highest BCUT2D eigenvalue weighted by atomic mass is 35.5. The fourth-order valence-electron chi connectivity index (χ4n) is 1.66. The number of hydrogen-bond donors (Lipinski definition) is 1.